The van der Waals surface area contributed by atoms with Gasteiger partial charge in [0.25, 0.3) is 5.91 Å². The molecule has 0 atom stereocenters. The fourth-order valence-corrected chi connectivity index (χ4v) is 3.89. The van der Waals surface area contributed by atoms with E-state index in [9.17, 15) is 4.79 Å². The largest absolute Gasteiger partial charge is 0.490 e. The van der Waals surface area contributed by atoms with E-state index >= 15 is 0 Å². The molecule has 0 spiro atoms. The van der Waals surface area contributed by atoms with Crippen molar-refractivity contribution < 1.29 is 14.3 Å². The van der Waals surface area contributed by atoms with Crippen LogP contribution in [-0.4, -0.2) is 40.2 Å². The first-order valence-corrected chi connectivity index (χ1v) is 10.8. The molecule has 31 heavy (non-hydrogen) atoms. The minimum Gasteiger partial charge on any atom is -0.490 e. The minimum absolute atomic E-state index is 0.0314. The van der Waals surface area contributed by atoms with Gasteiger partial charge < -0.3 is 9.47 Å². The zero-order valence-electron chi connectivity index (χ0n) is 17.3. The minimum atomic E-state index is -0.436. The molecule has 2 aromatic carbocycles. The van der Waals surface area contributed by atoms with Crippen molar-refractivity contribution in [2.24, 2.45) is 10.1 Å². The Hall–Kier alpha value is -3.39. The first-order valence-electron chi connectivity index (χ1n) is 9.95. The van der Waals surface area contributed by atoms with Crippen LogP contribution in [0.5, 0.6) is 11.5 Å². The van der Waals surface area contributed by atoms with Crippen molar-refractivity contribution in [2.75, 3.05) is 13.2 Å². The summed E-state index contributed by atoms with van der Waals surface area (Å²) in [6.07, 6.45) is 2.37. The molecule has 7 nitrogen and oxygen atoms in total. The van der Waals surface area contributed by atoms with Gasteiger partial charge in [-0.1, -0.05) is 37.3 Å². The average molecular weight is 435 g/mol. The molecule has 2 aromatic rings. The number of hydrazone groups is 1. The number of benzene rings is 2. The van der Waals surface area contributed by atoms with E-state index in [0.717, 1.165) is 28.3 Å². The number of para-hydroxylation sites is 1. The number of aliphatic imine (C=N–C) groups is 1. The van der Waals surface area contributed by atoms with Gasteiger partial charge in [0.1, 0.15) is 29.8 Å². The molecule has 0 unspecified atom stereocenters. The number of aryl methyl sites for hydroxylation is 1. The Kier molecular flexibility index (Phi) is 6.18. The van der Waals surface area contributed by atoms with Crippen LogP contribution in [0.3, 0.4) is 0 Å². The van der Waals surface area contributed by atoms with Crippen LogP contribution in [0, 0.1) is 12.3 Å². The predicted octanol–water partition coefficient (Wildman–Crippen LogP) is 4.48. The number of rotatable bonds is 7. The summed E-state index contributed by atoms with van der Waals surface area (Å²) in [5.41, 5.74) is 2.02. The van der Waals surface area contributed by atoms with Gasteiger partial charge >= 0.3 is 0 Å². The standard InChI is InChI=1S/C23H22N4O3S/c1-3-20-26-27-21(24)18(22(28)25-23(27)31-20)14-16-8-6-9-17(13-16)29-11-12-30-19-10-5-4-7-15(19)2/h4-10,13-14,24H,3,11-12H2,1-2H3/b18-14-,24-21?. The maximum Gasteiger partial charge on any atom is 0.283 e. The molecule has 0 aliphatic carbocycles. The van der Waals surface area contributed by atoms with Crippen LogP contribution in [-0.2, 0) is 4.79 Å². The third-order valence-corrected chi connectivity index (χ3v) is 5.72. The molecule has 0 saturated heterocycles. The molecule has 0 radical (unpaired) electrons. The molecule has 0 saturated carbocycles. The molecule has 0 fully saturated rings. The maximum absolute atomic E-state index is 12.5. The summed E-state index contributed by atoms with van der Waals surface area (Å²) in [4.78, 5) is 16.6. The Morgan fingerprint density at radius 1 is 1.13 bits per heavy atom. The van der Waals surface area contributed by atoms with E-state index in [1.54, 1.807) is 6.08 Å². The lowest BCUT2D eigenvalue weighted by Gasteiger charge is -2.20. The van der Waals surface area contributed by atoms with Crippen LogP contribution in [0.2, 0.25) is 0 Å². The Morgan fingerprint density at radius 2 is 1.94 bits per heavy atom. The summed E-state index contributed by atoms with van der Waals surface area (Å²) in [7, 11) is 0. The highest BCUT2D eigenvalue weighted by Gasteiger charge is 2.35. The lowest BCUT2D eigenvalue weighted by Crippen LogP contribution is -2.35. The molecule has 2 aliphatic rings. The molecular formula is C23H22N4O3S. The number of carbonyl (C=O) groups is 1. The van der Waals surface area contributed by atoms with E-state index in [1.807, 2.05) is 62.4 Å². The van der Waals surface area contributed by atoms with Gasteiger partial charge in [0.2, 0.25) is 5.17 Å². The molecule has 158 valence electrons. The Balaban J connectivity index is 1.42. The zero-order valence-corrected chi connectivity index (χ0v) is 18.1. The number of fused-ring (bicyclic) bond motifs is 1. The molecular weight excluding hydrogens is 412 g/mol. The molecule has 0 aromatic heterocycles. The van der Waals surface area contributed by atoms with E-state index < -0.39 is 5.91 Å². The quantitative estimate of drug-likeness (QED) is 0.513. The number of amidine groups is 2. The normalized spacial score (nSPS) is 16.8. The van der Waals surface area contributed by atoms with E-state index in [2.05, 4.69) is 10.1 Å². The first-order chi connectivity index (χ1) is 15.0. The highest BCUT2D eigenvalue weighted by atomic mass is 32.2. The highest BCUT2D eigenvalue weighted by Crippen LogP contribution is 2.29. The third kappa shape index (κ3) is 4.69. The van der Waals surface area contributed by atoms with Gasteiger partial charge in [0.05, 0.1) is 5.57 Å². The van der Waals surface area contributed by atoms with Crippen LogP contribution >= 0.6 is 11.8 Å². The third-order valence-electron chi connectivity index (χ3n) is 4.67. The number of thioether (sulfide) groups is 1. The average Bonchev–Trinajstić information content (AvgIpc) is 3.19. The number of nitrogens with zero attached hydrogens (tertiary/aromatic N) is 3. The number of carbonyl (C=O) groups excluding carboxylic acids is 1. The molecule has 2 aliphatic heterocycles. The van der Waals surface area contributed by atoms with Crippen LogP contribution in [0.15, 0.2) is 64.2 Å². The van der Waals surface area contributed by atoms with Crippen molar-refractivity contribution in [3.8, 4) is 11.5 Å². The van der Waals surface area contributed by atoms with Crippen molar-refractivity contribution >= 4 is 39.8 Å². The van der Waals surface area contributed by atoms with Gasteiger partial charge in [-0.05, 0) is 60.5 Å². The van der Waals surface area contributed by atoms with Crippen molar-refractivity contribution in [3.63, 3.8) is 0 Å². The summed E-state index contributed by atoms with van der Waals surface area (Å²) in [5.74, 6) is 1.09. The van der Waals surface area contributed by atoms with Crippen LogP contribution < -0.4 is 9.47 Å². The van der Waals surface area contributed by atoms with Crippen molar-refractivity contribution in [2.45, 2.75) is 20.3 Å². The van der Waals surface area contributed by atoms with E-state index in [1.165, 1.54) is 16.8 Å². The molecule has 2 heterocycles. The number of hydrogen-bond acceptors (Lipinski definition) is 6. The van der Waals surface area contributed by atoms with Gasteiger partial charge in [0.15, 0.2) is 5.84 Å². The molecule has 8 heteroatoms. The molecule has 1 amide bonds. The predicted molar refractivity (Wildman–Crippen MR) is 124 cm³/mol. The fourth-order valence-electron chi connectivity index (χ4n) is 3.06. The first kappa shape index (κ1) is 20.9. The van der Waals surface area contributed by atoms with Gasteiger partial charge in [0, 0.05) is 0 Å². The Bertz CT molecular complexity index is 1120. The topological polar surface area (TPSA) is 87.3 Å². The summed E-state index contributed by atoms with van der Waals surface area (Å²) in [6, 6.07) is 15.2. The summed E-state index contributed by atoms with van der Waals surface area (Å²) < 4.78 is 11.5. The summed E-state index contributed by atoms with van der Waals surface area (Å²) in [5, 5.41) is 15.4. The van der Waals surface area contributed by atoms with E-state index in [-0.39, 0.29) is 11.4 Å². The molecule has 4 rings (SSSR count). The number of nitrogens with one attached hydrogen (secondary N) is 1. The second-order valence-corrected chi connectivity index (χ2v) is 7.94. The smallest absolute Gasteiger partial charge is 0.283 e. The second kappa shape index (κ2) is 9.18. The Morgan fingerprint density at radius 3 is 2.74 bits per heavy atom. The van der Waals surface area contributed by atoms with Crippen LogP contribution in [0.1, 0.15) is 24.5 Å². The van der Waals surface area contributed by atoms with E-state index in [4.69, 9.17) is 14.9 Å². The SMILES string of the molecule is CCC1=NN2C(=N)/C(=C/c3cccc(OCCOc4ccccc4C)c3)C(=O)N=C2S1. The van der Waals surface area contributed by atoms with Gasteiger partial charge in [-0.2, -0.15) is 15.1 Å². The zero-order chi connectivity index (χ0) is 21.8. The van der Waals surface area contributed by atoms with E-state index in [0.29, 0.717) is 24.1 Å². The number of hydrogen-bond donors (Lipinski definition) is 1. The van der Waals surface area contributed by atoms with Crippen molar-refractivity contribution in [3.05, 3.63) is 65.2 Å². The fraction of sp³-hybridized carbons (Fsp3) is 0.217. The van der Waals surface area contributed by atoms with Crippen molar-refractivity contribution in [1.29, 1.82) is 5.41 Å². The van der Waals surface area contributed by atoms with Gasteiger partial charge in [-0.3, -0.25) is 10.2 Å². The maximum atomic E-state index is 12.5. The molecule has 0 bridgehead atoms. The lowest BCUT2D eigenvalue weighted by molar-refractivity contribution is -0.114. The number of amides is 1. The number of ether oxygens (including phenoxy) is 2. The van der Waals surface area contributed by atoms with Gasteiger partial charge in [-0.25, -0.2) is 0 Å². The molecule has 1 N–H and O–H groups in total. The van der Waals surface area contributed by atoms with Crippen molar-refractivity contribution in [1.82, 2.24) is 5.01 Å². The van der Waals surface area contributed by atoms with Gasteiger partial charge in [-0.15, -0.1) is 0 Å². The highest BCUT2D eigenvalue weighted by molar-refractivity contribution is 8.26. The lowest BCUT2D eigenvalue weighted by atomic mass is 10.1. The summed E-state index contributed by atoms with van der Waals surface area (Å²) >= 11 is 1.33. The second-order valence-electron chi connectivity index (χ2n) is 6.90. The Labute approximate surface area is 185 Å². The van der Waals surface area contributed by atoms with Crippen LogP contribution in [0.25, 0.3) is 6.08 Å². The van der Waals surface area contributed by atoms with Crippen LogP contribution in [0.4, 0.5) is 0 Å². The summed E-state index contributed by atoms with van der Waals surface area (Å²) in [6.45, 7) is 4.78. The monoisotopic (exact) mass is 434 g/mol.